The van der Waals surface area contributed by atoms with E-state index in [1.807, 2.05) is 32.0 Å². The SMILES string of the molecule is COc1cc(/C=N\NC(=O)COc2c(C)cccc2C)cc(OC)c1OC. The Morgan fingerprint density at radius 1 is 1.00 bits per heavy atom. The third kappa shape index (κ3) is 5.13. The molecule has 0 saturated heterocycles. The highest BCUT2D eigenvalue weighted by Crippen LogP contribution is 2.37. The van der Waals surface area contributed by atoms with Gasteiger partial charge in [0.05, 0.1) is 27.5 Å². The van der Waals surface area contributed by atoms with Gasteiger partial charge in [-0.15, -0.1) is 0 Å². The van der Waals surface area contributed by atoms with E-state index in [1.54, 1.807) is 12.1 Å². The van der Waals surface area contributed by atoms with Crippen LogP contribution in [-0.4, -0.2) is 40.1 Å². The Labute approximate surface area is 158 Å². The highest BCUT2D eigenvalue weighted by Gasteiger charge is 2.12. The number of carbonyl (C=O) groups excluding carboxylic acids is 1. The highest BCUT2D eigenvalue weighted by atomic mass is 16.5. The van der Waals surface area contributed by atoms with E-state index in [2.05, 4.69) is 10.5 Å². The number of benzene rings is 2. The van der Waals surface area contributed by atoms with Crippen molar-refractivity contribution in [3.8, 4) is 23.0 Å². The Bertz CT molecular complexity index is 788. The number of carbonyl (C=O) groups is 1. The molecule has 0 atom stereocenters. The quantitative estimate of drug-likeness (QED) is 0.569. The number of nitrogens with zero attached hydrogens (tertiary/aromatic N) is 1. The van der Waals surface area contributed by atoms with E-state index >= 15 is 0 Å². The van der Waals surface area contributed by atoms with Crippen molar-refractivity contribution >= 4 is 12.1 Å². The Balaban J connectivity index is 1.99. The summed E-state index contributed by atoms with van der Waals surface area (Å²) in [6.45, 7) is 3.74. The summed E-state index contributed by atoms with van der Waals surface area (Å²) in [7, 11) is 4.60. The zero-order valence-electron chi connectivity index (χ0n) is 16.2. The number of para-hydroxylation sites is 1. The molecule has 27 heavy (non-hydrogen) atoms. The maximum atomic E-state index is 12.0. The smallest absolute Gasteiger partial charge is 0.277 e. The van der Waals surface area contributed by atoms with E-state index in [0.29, 0.717) is 28.6 Å². The molecular weight excluding hydrogens is 348 g/mol. The molecule has 0 aliphatic rings. The average Bonchev–Trinajstić information content (AvgIpc) is 2.66. The lowest BCUT2D eigenvalue weighted by Gasteiger charge is -2.12. The van der Waals surface area contributed by atoms with Crippen molar-refractivity contribution in [2.24, 2.45) is 5.10 Å². The summed E-state index contributed by atoms with van der Waals surface area (Å²) in [6, 6.07) is 9.26. The number of rotatable bonds is 8. The molecule has 1 amide bonds. The van der Waals surface area contributed by atoms with Crippen molar-refractivity contribution in [2.45, 2.75) is 13.8 Å². The molecule has 7 heteroatoms. The van der Waals surface area contributed by atoms with E-state index < -0.39 is 0 Å². The summed E-state index contributed by atoms with van der Waals surface area (Å²) in [5.74, 6) is 1.84. The third-order valence-electron chi connectivity index (χ3n) is 3.85. The van der Waals surface area contributed by atoms with Crippen LogP contribution in [0.25, 0.3) is 0 Å². The van der Waals surface area contributed by atoms with Gasteiger partial charge in [0.2, 0.25) is 5.75 Å². The average molecular weight is 372 g/mol. The van der Waals surface area contributed by atoms with Gasteiger partial charge in [-0.2, -0.15) is 5.10 Å². The van der Waals surface area contributed by atoms with E-state index in [1.165, 1.54) is 27.5 Å². The van der Waals surface area contributed by atoms with Gasteiger partial charge in [0.1, 0.15) is 5.75 Å². The molecule has 0 spiro atoms. The van der Waals surface area contributed by atoms with E-state index in [9.17, 15) is 4.79 Å². The summed E-state index contributed by atoms with van der Waals surface area (Å²) in [6.07, 6.45) is 1.49. The molecule has 144 valence electrons. The van der Waals surface area contributed by atoms with Crippen LogP contribution < -0.4 is 24.4 Å². The van der Waals surface area contributed by atoms with Gasteiger partial charge in [-0.3, -0.25) is 4.79 Å². The van der Waals surface area contributed by atoms with Crippen molar-refractivity contribution in [1.82, 2.24) is 5.43 Å². The molecule has 2 aromatic carbocycles. The lowest BCUT2D eigenvalue weighted by Crippen LogP contribution is -2.25. The van der Waals surface area contributed by atoms with E-state index in [-0.39, 0.29) is 12.5 Å². The fourth-order valence-corrected chi connectivity index (χ4v) is 2.55. The number of hydrogen-bond donors (Lipinski definition) is 1. The van der Waals surface area contributed by atoms with E-state index in [4.69, 9.17) is 18.9 Å². The number of hydrazone groups is 1. The fourth-order valence-electron chi connectivity index (χ4n) is 2.55. The molecule has 0 saturated carbocycles. The molecular formula is C20H24N2O5. The topological polar surface area (TPSA) is 78.4 Å². The van der Waals surface area contributed by atoms with Crippen molar-refractivity contribution in [3.05, 3.63) is 47.0 Å². The first-order chi connectivity index (χ1) is 13.0. The largest absolute Gasteiger partial charge is 0.493 e. The number of aryl methyl sites for hydroxylation is 2. The minimum atomic E-state index is -0.360. The molecule has 0 radical (unpaired) electrons. The molecule has 0 heterocycles. The van der Waals surface area contributed by atoms with Crippen molar-refractivity contribution in [3.63, 3.8) is 0 Å². The number of ether oxygens (including phenoxy) is 4. The van der Waals surface area contributed by atoms with Gasteiger partial charge in [0.15, 0.2) is 18.1 Å². The van der Waals surface area contributed by atoms with E-state index in [0.717, 1.165) is 11.1 Å². The molecule has 1 N–H and O–H groups in total. The predicted octanol–water partition coefficient (Wildman–Crippen LogP) is 2.86. The van der Waals surface area contributed by atoms with Crippen molar-refractivity contribution in [1.29, 1.82) is 0 Å². The number of amides is 1. The second-order valence-corrected chi connectivity index (χ2v) is 5.76. The maximum Gasteiger partial charge on any atom is 0.277 e. The summed E-state index contributed by atoms with van der Waals surface area (Å²) in [5.41, 5.74) is 5.07. The Kier molecular flexibility index (Phi) is 7.05. The second-order valence-electron chi connectivity index (χ2n) is 5.76. The van der Waals surface area contributed by atoms with Gasteiger partial charge >= 0.3 is 0 Å². The molecule has 0 fully saturated rings. The molecule has 2 aromatic rings. The van der Waals surface area contributed by atoms with Gasteiger partial charge in [-0.1, -0.05) is 18.2 Å². The Morgan fingerprint density at radius 3 is 2.11 bits per heavy atom. The molecule has 0 unspecified atom stereocenters. The van der Waals surface area contributed by atoms with Gasteiger partial charge < -0.3 is 18.9 Å². The summed E-state index contributed by atoms with van der Waals surface area (Å²) >= 11 is 0. The maximum absolute atomic E-state index is 12.0. The lowest BCUT2D eigenvalue weighted by atomic mass is 10.1. The molecule has 2 rings (SSSR count). The minimum Gasteiger partial charge on any atom is -0.493 e. The van der Waals surface area contributed by atoms with Crippen LogP contribution in [0.2, 0.25) is 0 Å². The first-order valence-electron chi connectivity index (χ1n) is 8.31. The molecule has 0 aliphatic carbocycles. The normalized spacial score (nSPS) is 10.6. The van der Waals surface area contributed by atoms with Crippen LogP contribution in [-0.2, 0) is 4.79 Å². The van der Waals surface area contributed by atoms with Gasteiger partial charge in [-0.25, -0.2) is 5.43 Å². The highest BCUT2D eigenvalue weighted by molar-refractivity contribution is 5.84. The summed E-state index contributed by atoms with van der Waals surface area (Å²) < 4.78 is 21.4. The number of methoxy groups -OCH3 is 3. The third-order valence-corrected chi connectivity index (χ3v) is 3.85. The Morgan fingerprint density at radius 2 is 1.59 bits per heavy atom. The van der Waals surface area contributed by atoms with Crippen LogP contribution in [0.4, 0.5) is 0 Å². The second kappa shape index (κ2) is 9.47. The molecule has 0 bridgehead atoms. The number of hydrogen-bond acceptors (Lipinski definition) is 6. The van der Waals surface area contributed by atoms with Gasteiger partial charge in [0, 0.05) is 5.56 Å². The summed E-state index contributed by atoms with van der Waals surface area (Å²) in [5, 5.41) is 3.95. The standard InChI is InChI=1S/C20H24N2O5/c1-13-7-6-8-14(2)19(13)27-12-18(23)22-21-11-15-9-16(24-3)20(26-5)17(10-15)25-4/h6-11H,12H2,1-5H3,(H,22,23)/b21-11-. The molecule has 0 aromatic heterocycles. The van der Waals surface area contributed by atoms with Crippen LogP contribution in [0, 0.1) is 13.8 Å². The van der Waals surface area contributed by atoms with Crippen LogP contribution in [0.15, 0.2) is 35.4 Å². The first kappa shape index (κ1) is 20.1. The predicted molar refractivity (Wildman–Crippen MR) is 103 cm³/mol. The number of nitrogens with one attached hydrogen (secondary N) is 1. The minimum absolute atomic E-state index is 0.127. The fraction of sp³-hybridized carbons (Fsp3) is 0.300. The Hall–Kier alpha value is -3.22. The van der Waals surface area contributed by atoms with Crippen LogP contribution in [0.3, 0.4) is 0 Å². The van der Waals surface area contributed by atoms with Crippen LogP contribution in [0.1, 0.15) is 16.7 Å². The monoisotopic (exact) mass is 372 g/mol. The molecule has 0 aliphatic heterocycles. The van der Waals surface area contributed by atoms with Gasteiger partial charge in [-0.05, 0) is 37.1 Å². The lowest BCUT2D eigenvalue weighted by molar-refractivity contribution is -0.123. The van der Waals surface area contributed by atoms with Crippen LogP contribution >= 0.6 is 0 Å². The molecule has 7 nitrogen and oxygen atoms in total. The van der Waals surface area contributed by atoms with Gasteiger partial charge in [0.25, 0.3) is 5.91 Å². The summed E-state index contributed by atoms with van der Waals surface area (Å²) in [4.78, 5) is 12.0. The van der Waals surface area contributed by atoms with Crippen molar-refractivity contribution < 1.29 is 23.7 Å². The zero-order valence-corrected chi connectivity index (χ0v) is 16.2. The zero-order chi connectivity index (χ0) is 19.8. The van der Waals surface area contributed by atoms with Crippen molar-refractivity contribution in [2.75, 3.05) is 27.9 Å². The first-order valence-corrected chi connectivity index (χ1v) is 8.31. The van der Waals surface area contributed by atoms with Crippen LogP contribution in [0.5, 0.6) is 23.0 Å².